The Morgan fingerprint density at radius 2 is 1.23 bits per heavy atom. The van der Waals surface area contributed by atoms with Gasteiger partial charge in [0.1, 0.15) is 0 Å². The number of rotatable bonds is 2. The van der Waals surface area contributed by atoms with E-state index in [4.69, 9.17) is 0 Å². The molecule has 0 saturated carbocycles. The summed E-state index contributed by atoms with van der Waals surface area (Å²) >= 11 is 0. The van der Waals surface area contributed by atoms with Gasteiger partial charge < -0.3 is 0 Å². The summed E-state index contributed by atoms with van der Waals surface area (Å²) in [5.74, 6) is 8.00. The van der Waals surface area contributed by atoms with Gasteiger partial charge in [0.25, 0.3) is 0 Å². The summed E-state index contributed by atoms with van der Waals surface area (Å²) in [6, 6.07) is 8.63. The molecule has 1 aromatic carbocycles. The minimum atomic E-state index is 0. The van der Waals surface area contributed by atoms with E-state index in [2.05, 4.69) is 49.8 Å². The number of benzene rings is 1. The van der Waals surface area contributed by atoms with Crippen LogP contribution in [0.2, 0.25) is 0 Å². The minimum absolute atomic E-state index is 0. The Hall–Kier alpha value is -0.570. The Kier molecular flexibility index (Phi) is 10.9. The van der Waals surface area contributed by atoms with E-state index in [0.717, 1.165) is 12.8 Å². The average Bonchev–Trinajstić information content (AvgIpc) is 2.20. The lowest BCUT2D eigenvalue weighted by Crippen LogP contribution is -2.02. The van der Waals surface area contributed by atoms with Gasteiger partial charge in [0.05, 0.1) is 0 Å². The van der Waals surface area contributed by atoms with Gasteiger partial charge in [0.2, 0.25) is 0 Å². The van der Waals surface area contributed by atoms with E-state index in [1.54, 1.807) is 0 Å². The van der Waals surface area contributed by atoms with E-state index in [1.807, 2.05) is 0 Å². The zero-order valence-electron chi connectivity index (χ0n) is 8.29. The van der Waals surface area contributed by atoms with Gasteiger partial charge in [-0.2, -0.15) is 0 Å². The van der Waals surface area contributed by atoms with Crippen LogP contribution in [-0.2, 0) is 12.8 Å². The standard InChI is InChI=1S/C10H14.ClH.H4N2/c1-3-9-7-5-6-8-10(9)4-2;;1-2/h5-8H,3-4H2,1-2H3;1H;1-2H2. The molecule has 0 amide bonds. The molecular weight excluding hydrogens is 184 g/mol. The molecule has 1 aromatic rings. The molecule has 0 aliphatic carbocycles. The maximum atomic E-state index is 4.00. The van der Waals surface area contributed by atoms with E-state index < -0.39 is 0 Å². The van der Waals surface area contributed by atoms with E-state index in [0.29, 0.717) is 0 Å². The molecule has 0 aromatic heterocycles. The second kappa shape index (κ2) is 9.52. The van der Waals surface area contributed by atoms with Gasteiger partial charge in [-0.3, -0.25) is 11.7 Å². The van der Waals surface area contributed by atoms with Crippen molar-refractivity contribution >= 4 is 12.4 Å². The molecule has 0 aliphatic rings. The highest BCUT2D eigenvalue weighted by Crippen LogP contribution is 2.08. The molecule has 1 rings (SSSR count). The molecule has 2 nitrogen and oxygen atoms in total. The van der Waals surface area contributed by atoms with Crippen LogP contribution in [0, 0.1) is 0 Å². The van der Waals surface area contributed by atoms with Gasteiger partial charge >= 0.3 is 0 Å². The summed E-state index contributed by atoms with van der Waals surface area (Å²) in [6.07, 6.45) is 2.31. The highest BCUT2D eigenvalue weighted by atomic mass is 35.5. The minimum Gasteiger partial charge on any atom is -0.274 e. The van der Waals surface area contributed by atoms with E-state index in [-0.39, 0.29) is 12.4 Å². The van der Waals surface area contributed by atoms with Gasteiger partial charge in [-0.05, 0) is 24.0 Å². The fourth-order valence-corrected chi connectivity index (χ4v) is 1.25. The summed E-state index contributed by atoms with van der Waals surface area (Å²) in [5.41, 5.74) is 2.98. The number of nitrogens with two attached hydrogens (primary N) is 2. The second-order valence-corrected chi connectivity index (χ2v) is 2.48. The second-order valence-electron chi connectivity index (χ2n) is 2.48. The van der Waals surface area contributed by atoms with Crippen molar-refractivity contribution in [3.8, 4) is 0 Å². The first-order valence-corrected chi connectivity index (χ1v) is 4.28. The fraction of sp³-hybridized carbons (Fsp3) is 0.400. The van der Waals surface area contributed by atoms with Crippen LogP contribution < -0.4 is 11.7 Å². The number of halogens is 1. The monoisotopic (exact) mass is 202 g/mol. The van der Waals surface area contributed by atoms with Gasteiger partial charge in [0.15, 0.2) is 0 Å². The molecule has 0 unspecified atom stereocenters. The molecule has 0 saturated heterocycles. The molecule has 3 heteroatoms. The maximum absolute atomic E-state index is 4.00. The first kappa shape index (κ1) is 14.9. The van der Waals surface area contributed by atoms with E-state index >= 15 is 0 Å². The number of hydrogen-bond acceptors (Lipinski definition) is 2. The fourth-order valence-electron chi connectivity index (χ4n) is 1.25. The van der Waals surface area contributed by atoms with Gasteiger partial charge in [0, 0.05) is 0 Å². The molecule has 13 heavy (non-hydrogen) atoms. The van der Waals surface area contributed by atoms with Gasteiger partial charge in [-0.1, -0.05) is 38.1 Å². The Morgan fingerprint density at radius 3 is 1.46 bits per heavy atom. The van der Waals surface area contributed by atoms with Crippen molar-refractivity contribution in [2.24, 2.45) is 11.7 Å². The van der Waals surface area contributed by atoms with Crippen molar-refractivity contribution in [1.29, 1.82) is 0 Å². The van der Waals surface area contributed by atoms with E-state index in [9.17, 15) is 0 Å². The molecular formula is C10H19ClN2. The third kappa shape index (κ3) is 4.88. The van der Waals surface area contributed by atoms with Gasteiger partial charge in [-0.15, -0.1) is 12.4 Å². The lowest BCUT2D eigenvalue weighted by atomic mass is 10.0. The largest absolute Gasteiger partial charge is 0.274 e. The average molecular weight is 203 g/mol. The third-order valence-corrected chi connectivity index (χ3v) is 1.88. The van der Waals surface area contributed by atoms with Crippen molar-refractivity contribution in [2.75, 3.05) is 0 Å². The van der Waals surface area contributed by atoms with Crippen molar-refractivity contribution in [1.82, 2.24) is 0 Å². The first-order valence-electron chi connectivity index (χ1n) is 4.28. The van der Waals surface area contributed by atoms with Crippen LogP contribution >= 0.6 is 12.4 Å². The lowest BCUT2D eigenvalue weighted by molar-refractivity contribution is 1.04. The summed E-state index contributed by atoms with van der Waals surface area (Å²) in [5, 5.41) is 0. The molecule has 0 heterocycles. The molecule has 0 fully saturated rings. The number of aryl methyl sites for hydroxylation is 2. The summed E-state index contributed by atoms with van der Waals surface area (Å²) in [6.45, 7) is 4.41. The van der Waals surface area contributed by atoms with Crippen molar-refractivity contribution in [3.05, 3.63) is 35.4 Å². The topological polar surface area (TPSA) is 52.0 Å². The smallest absolute Gasteiger partial charge is 0.0305 e. The van der Waals surface area contributed by atoms with Crippen LogP contribution in [0.25, 0.3) is 0 Å². The van der Waals surface area contributed by atoms with Crippen molar-refractivity contribution in [2.45, 2.75) is 26.7 Å². The predicted molar refractivity (Wildman–Crippen MR) is 60.8 cm³/mol. The Morgan fingerprint density at radius 1 is 0.923 bits per heavy atom. The summed E-state index contributed by atoms with van der Waals surface area (Å²) in [7, 11) is 0. The predicted octanol–water partition coefficient (Wildman–Crippen LogP) is 2.05. The SMILES string of the molecule is CCc1ccccc1CC.Cl.NN. The molecule has 0 bridgehead atoms. The molecule has 0 spiro atoms. The van der Waals surface area contributed by atoms with E-state index in [1.165, 1.54) is 11.1 Å². The van der Waals surface area contributed by atoms with Crippen molar-refractivity contribution < 1.29 is 0 Å². The Bertz CT molecular complexity index is 191. The number of hydrogen-bond donors (Lipinski definition) is 2. The summed E-state index contributed by atoms with van der Waals surface area (Å²) in [4.78, 5) is 0. The van der Waals surface area contributed by atoms with Crippen LogP contribution in [0.3, 0.4) is 0 Å². The number of hydrazine groups is 1. The third-order valence-electron chi connectivity index (χ3n) is 1.88. The summed E-state index contributed by atoms with van der Waals surface area (Å²) < 4.78 is 0. The maximum Gasteiger partial charge on any atom is -0.0305 e. The van der Waals surface area contributed by atoms with Gasteiger partial charge in [-0.25, -0.2) is 0 Å². The molecule has 0 atom stereocenters. The van der Waals surface area contributed by atoms with Crippen LogP contribution in [0.1, 0.15) is 25.0 Å². The Labute approximate surface area is 86.7 Å². The molecule has 0 aliphatic heterocycles. The van der Waals surface area contributed by atoms with Crippen LogP contribution in [0.4, 0.5) is 0 Å². The van der Waals surface area contributed by atoms with Crippen molar-refractivity contribution in [3.63, 3.8) is 0 Å². The molecule has 0 radical (unpaired) electrons. The first-order chi connectivity index (χ1) is 5.88. The zero-order chi connectivity index (χ0) is 9.40. The lowest BCUT2D eigenvalue weighted by Gasteiger charge is -2.02. The van der Waals surface area contributed by atoms with Crippen LogP contribution in [0.15, 0.2) is 24.3 Å². The van der Waals surface area contributed by atoms with Crippen LogP contribution in [0.5, 0.6) is 0 Å². The quantitative estimate of drug-likeness (QED) is 0.570. The molecule has 76 valence electrons. The highest BCUT2D eigenvalue weighted by molar-refractivity contribution is 5.85. The Balaban J connectivity index is 0. The highest BCUT2D eigenvalue weighted by Gasteiger charge is 1.93. The zero-order valence-corrected chi connectivity index (χ0v) is 9.10. The normalized spacial score (nSPS) is 8.00. The molecule has 4 N–H and O–H groups in total. The van der Waals surface area contributed by atoms with Crippen LogP contribution in [-0.4, -0.2) is 0 Å².